The summed E-state index contributed by atoms with van der Waals surface area (Å²) in [5, 5.41) is 3.74. The minimum absolute atomic E-state index is 0.0173. The Balaban J connectivity index is 1.29. The zero-order valence-electron chi connectivity index (χ0n) is 17.2. The van der Waals surface area contributed by atoms with E-state index in [9.17, 15) is 18.0 Å². The van der Waals surface area contributed by atoms with Gasteiger partial charge in [0.15, 0.2) is 5.69 Å². The standard InChI is InChI=1S/C22H27F3N4O/c1-16-4-2-3-5-18(16)15-27-10-12-28(13-11-27)21(30)8-9-29-19(17-6-7-17)14-20(26-29)22(23,24)25/h2-5,14,17H,6-13,15H2,1H3. The van der Waals surface area contributed by atoms with Gasteiger partial charge < -0.3 is 4.90 Å². The average Bonchev–Trinajstić information content (AvgIpc) is 3.46. The van der Waals surface area contributed by atoms with Gasteiger partial charge in [0.2, 0.25) is 5.91 Å². The summed E-state index contributed by atoms with van der Waals surface area (Å²) in [5.41, 5.74) is 2.31. The van der Waals surface area contributed by atoms with Gasteiger partial charge in [0.1, 0.15) is 0 Å². The number of carbonyl (C=O) groups excluding carboxylic acids is 1. The molecule has 0 unspecified atom stereocenters. The molecule has 4 rings (SSSR count). The number of aryl methyl sites for hydroxylation is 2. The average molecular weight is 420 g/mol. The van der Waals surface area contributed by atoms with E-state index in [4.69, 9.17) is 0 Å². The lowest BCUT2D eigenvalue weighted by Crippen LogP contribution is -2.48. The molecular formula is C22H27F3N4O. The monoisotopic (exact) mass is 420 g/mol. The largest absolute Gasteiger partial charge is 0.435 e. The van der Waals surface area contributed by atoms with Crippen molar-refractivity contribution in [2.24, 2.45) is 0 Å². The molecule has 1 aromatic carbocycles. The van der Waals surface area contributed by atoms with Gasteiger partial charge in [-0.05, 0) is 37.0 Å². The molecule has 1 aliphatic carbocycles. The first kappa shape index (κ1) is 20.9. The molecule has 162 valence electrons. The lowest BCUT2D eigenvalue weighted by atomic mass is 10.1. The molecule has 0 atom stereocenters. The third-order valence-electron chi connectivity index (χ3n) is 6.01. The lowest BCUT2D eigenvalue weighted by Gasteiger charge is -2.35. The number of amides is 1. The number of carbonyl (C=O) groups is 1. The molecule has 2 fully saturated rings. The number of hydrogen-bond acceptors (Lipinski definition) is 3. The molecule has 8 heteroatoms. The summed E-state index contributed by atoms with van der Waals surface area (Å²) in [5.74, 6) is 0.130. The van der Waals surface area contributed by atoms with Gasteiger partial charge in [0.25, 0.3) is 0 Å². The zero-order valence-corrected chi connectivity index (χ0v) is 17.2. The first-order valence-electron chi connectivity index (χ1n) is 10.5. The molecule has 1 saturated carbocycles. The van der Waals surface area contributed by atoms with Gasteiger partial charge >= 0.3 is 6.18 Å². The van der Waals surface area contributed by atoms with Crippen LogP contribution in [0.4, 0.5) is 13.2 Å². The quantitative estimate of drug-likeness (QED) is 0.714. The second kappa shape index (κ2) is 8.41. The second-order valence-electron chi connectivity index (χ2n) is 8.28. The van der Waals surface area contributed by atoms with Crippen LogP contribution < -0.4 is 0 Å². The smallest absolute Gasteiger partial charge is 0.340 e. The normalized spacial score (nSPS) is 18.1. The molecule has 0 spiro atoms. The minimum Gasteiger partial charge on any atom is -0.340 e. The van der Waals surface area contributed by atoms with Crippen LogP contribution in [0.3, 0.4) is 0 Å². The number of piperazine rings is 1. The van der Waals surface area contributed by atoms with Crippen molar-refractivity contribution in [3.63, 3.8) is 0 Å². The van der Waals surface area contributed by atoms with E-state index in [1.165, 1.54) is 15.8 Å². The van der Waals surface area contributed by atoms with Gasteiger partial charge in [0.05, 0.1) is 0 Å². The highest BCUT2D eigenvalue weighted by Crippen LogP contribution is 2.42. The van der Waals surface area contributed by atoms with Crippen LogP contribution in [0.5, 0.6) is 0 Å². The zero-order chi connectivity index (χ0) is 21.3. The maximum atomic E-state index is 13.0. The van der Waals surface area contributed by atoms with E-state index in [1.54, 1.807) is 0 Å². The first-order valence-corrected chi connectivity index (χ1v) is 10.5. The summed E-state index contributed by atoms with van der Waals surface area (Å²) in [6.45, 7) is 6.06. The number of alkyl halides is 3. The molecular weight excluding hydrogens is 393 g/mol. The predicted octanol–water partition coefficient (Wildman–Crippen LogP) is 3.82. The van der Waals surface area contributed by atoms with Crippen LogP contribution in [0.1, 0.15) is 47.7 Å². The fourth-order valence-corrected chi connectivity index (χ4v) is 4.00. The molecule has 2 aromatic rings. The number of nitrogens with zero attached hydrogens (tertiary/aromatic N) is 4. The van der Waals surface area contributed by atoms with Crippen LogP contribution >= 0.6 is 0 Å². The highest BCUT2D eigenvalue weighted by Gasteiger charge is 2.37. The van der Waals surface area contributed by atoms with Crippen LogP contribution in [0.25, 0.3) is 0 Å². The van der Waals surface area contributed by atoms with Gasteiger partial charge in [-0.15, -0.1) is 0 Å². The topological polar surface area (TPSA) is 41.4 Å². The van der Waals surface area contributed by atoms with E-state index < -0.39 is 11.9 Å². The van der Waals surface area contributed by atoms with Crippen LogP contribution in [-0.4, -0.2) is 51.7 Å². The highest BCUT2D eigenvalue weighted by molar-refractivity contribution is 5.76. The third kappa shape index (κ3) is 4.86. The Morgan fingerprint density at radius 3 is 2.47 bits per heavy atom. The summed E-state index contributed by atoms with van der Waals surface area (Å²) >= 11 is 0. The number of halogens is 3. The maximum Gasteiger partial charge on any atom is 0.435 e. The van der Waals surface area contributed by atoms with E-state index in [0.29, 0.717) is 18.8 Å². The molecule has 0 N–H and O–H groups in total. The summed E-state index contributed by atoms with van der Waals surface area (Å²) < 4.78 is 40.4. The van der Waals surface area contributed by atoms with E-state index in [-0.39, 0.29) is 24.8 Å². The van der Waals surface area contributed by atoms with Crippen LogP contribution in [0.15, 0.2) is 30.3 Å². The molecule has 2 aliphatic rings. The van der Waals surface area contributed by atoms with Gasteiger partial charge in [-0.3, -0.25) is 14.4 Å². The van der Waals surface area contributed by atoms with Crippen LogP contribution in [-0.2, 0) is 24.1 Å². The number of benzene rings is 1. The Morgan fingerprint density at radius 1 is 1.13 bits per heavy atom. The van der Waals surface area contributed by atoms with E-state index in [0.717, 1.165) is 38.5 Å². The second-order valence-corrected chi connectivity index (χ2v) is 8.28. The van der Waals surface area contributed by atoms with Crippen molar-refractivity contribution in [2.45, 2.75) is 51.4 Å². The van der Waals surface area contributed by atoms with Crippen LogP contribution in [0.2, 0.25) is 0 Å². The van der Waals surface area contributed by atoms with Gasteiger partial charge in [-0.1, -0.05) is 24.3 Å². The van der Waals surface area contributed by atoms with Gasteiger partial charge in [-0.2, -0.15) is 18.3 Å². The van der Waals surface area contributed by atoms with Gasteiger partial charge in [-0.25, -0.2) is 0 Å². The van der Waals surface area contributed by atoms with Crippen molar-refractivity contribution >= 4 is 5.91 Å². The highest BCUT2D eigenvalue weighted by atomic mass is 19.4. The first-order chi connectivity index (χ1) is 14.3. The number of aromatic nitrogens is 2. The third-order valence-corrected chi connectivity index (χ3v) is 6.01. The van der Waals surface area contributed by atoms with Crippen molar-refractivity contribution in [1.29, 1.82) is 0 Å². The predicted molar refractivity (Wildman–Crippen MR) is 107 cm³/mol. The summed E-state index contributed by atoms with van der Waals surface area (Å²) in [6.07, 6.45) is -2.50. The van der Waals surface area contributed by atoms with E-state index >= 15 is 0 Å². The number of hydrogen-bond donors (Lipinski definition) is 0. The van der Waals surface area contributed by atoms with Crippen molar-refractivity contribution in [2.75, 3.05) is 26.2 Å². The Kier molecular flexibility index (Phi) is 5.86. The lowest BCUT2D eigenvalue weighted by molar-refractivity contribution is -0.141. The Labute approximate surface area is 174 Å². The minimum atomic E-state index is -4.45. The van der Waals surface area contributed by atoms with Crippen molar-refractivity contribution < 1.29 is 18.0 Å². The molecule has 30 heavy (non-hydrogen) atoms. The molecule has 0 radical (unpaired) electrons. The molecule has 1 aromatic heterocycles. The van der Waals surface area contributed by atoms with Crippen molar-refractivity contribution in [3.05, 3.63) is 52.8 Å². The summed E-state index contributed by atoms with van der Waals surface area (Å²) in [7, 11) is 0. The van der Waals surface area contributed by atoms with E-state index in [1.807, 2.05) is 17.0 Å². The fourth-order valence-electron chi connectivity index (χ4n) is 4.00. The Bertz CT molecular complexity index is 896. The maximum absolute atomic E-state index is 13.0. The SMILES string of the molecule is Cc1ccccc1CN1CCN(C(=O)CCn2nc(C(F)(F)F)cc2C2CC2)CC1. The molecule has 1 amide bonds. The van der Waals surface area contributed by atoms with Crippen molar-refractivity contribution in [3.8, 4) is 0 Å². The molecule has 0 bridgehead atoms. The van der Waals surface area contributed by atoms with Gasteiger partial charge in [0, 0.05) is 57.3 Å². The molecule has 1 saturated heterocycles. The Hall–Kier alpha value is -2.35. The number of rotatable bonds is 6. The molecule has 1 aliphatic heterocycles. The Morgan fingerprint density at radius 2 is 1.83 bits per heavy atom. The molecule has 2 heterocycles. The fraction of sp³-hybridized carbons (Fsp3) is 0.545. The summed E-state index contributed by atoms with van der Waals surface area (Å²) in [4.78, 5) is 16.8. The van der Waals surface area contributed by atoms with E-state index in [2.05, 4.69) is 29.1 Å². The molecule has 5 nitrogen and oxygen atoms in total. The van der Waals surface area contributed by atoms with Crippen LogP contribution in [0, 0.1) is 6.92 Å². The summed E-state index contributed by atoms with van der Waals surface area (Å²) in [6, 6.07) is 9.44. The van der Waals surface area contributed by atoms with Crippen molar-refractivity contribution in [1.82, 2.24) is 19.6 Å².